The molecule has 1 aromatic carbocycles. The van der Waals surface area contributed by atoms with Crippen molar-refractivity contribution in [2.75, 3.05) is 0 Å². The summed E-state index contributed by atoms with van der Waals surface area (Å²) in [5, 5.41) is 7.62. The zero-order chi connectivity index (χ0) is 15.5. The summed E-state index contributed by atoms with van der Waals surface area (Å²) in [4.78, 5) is 12.3. The fraction of sp³-hybridized carbons (Fsp3) is 0.444. The topological polar surface area (TPSA) is 46.9 Å². The maximum absolute atomic E-state index is 12.3. The number of carbonyl (C=O) groups is 1. The van der Waals surface area contributed by atoms with Crippen LogP contribution in [0, 0.1) is 19.8 Å². The smallest absolute Gasteiger partial charge is 0.222 e. The van der Waals surface area contributed by atoms with Crippen LogP contribution in [0.25, 0.3) is 0 Å². The Balaban J connectivity index is 1.59. The number of nitrogens with one attached hydrogen (secondary N) is 1. The Bertz CT molecular complexity index is 644. The molecule has 22 heavy (non-hydrogen) atoms. The van der Waals surface area contributed by atoms with E-state index < -0.39 is 0 Å². The van der Waals surface area contributed by atoms with Crippen molar-refractivity contribution >= 4 is 5.91 Å². The highest BCUT2D eigenvalue weighted by atomic mass is 16.1. The van der Waals surface area contributed by atoms with Crippen molar-refractivity contribution in [1.82, 2.24) is 15.1 Å². The number of aryl methyl sites for hydroxylation is 3. The molecule has 4 nitrogen and oxygen atoms in total. The molecule has 116 valence electrons. The van der Waals surface area contributed by atoms with E-state index in [9.17, 15) is 4.79 Å². The lowest BCUT2D eigenvalue weighted by Gasteiger charge is -2.19. The molecule has 2 aromatic rings. The van der Waals surface area contributed by atoms with Crippen molar-refractivity contribution in [2.24, 2.45) is 5.92 Å². The van der Waals surface area contributed by atoms with Gasteiger partial charge in [-0.2, -0.15) is 5.10 Å². The molecule has 1 amide bonds. The number of rotatable bonds is 6. The molecule has 0 radical (unpaired) electrons. The number of hydrogen-bond acceptors (Lipinski definition) is 2. The maximum Gasteiger partial charge on any atom is 0.222 e. The molecule has 1 heterocycles. The summed E-state index contributed by atoms with van der Waals surface area (Å²) in [5.41, 5.74) is 3.31. The fourth-order valence-electron chi connectivity index (χ4n) is 2.92. The molecule has 1 saturated carbocycles. The normalized spacial score (nSPS) is 15.5. The molecular formula is C18H23N3O. The van der Waals surface area contributed by atoms with E-state index in [0.29, 0.717) is 18.9 Å². The Morgan fingerprint density at radius 2 is 2.05 bits per heavy atom. The highest BCUT2D eigenvalue weighted by molar-refractivity contribution is 5.76. The maximum atomic E-state index is 12.3. The van der Waals surface area contributed by atoms with Crippen LogP contribution in [0.3, 0.4) is 0 Å². The third-order valence-corrected chi connectivity index (χ3v) is 4.22. The van der Waals surface area contributed by atoms with Gasteiger partial charge in [0.25, 0.3) is 0 Å². The van der Waals surface area contributed by atoms with Crippen molar-refractivity contribution in [3.63, 3.8) is 0 Å². The number of carbonyl (C=O) groups excluding carboxylic acids is 1. The predicted octanol–water partition coefficient (Wildman–Crippen LogP) is 3.16. The van der Waals surface area contributed by atoms with Gasteiger partial charge in [0.05, 0.1) is 11.7 Å². The molecule has 1 aromatic heterocycles. The van der Waals surface area contributed by atoms with Crippen LogP contribution in [0.15, 0.2) is 36.4 Å². The lowest BCUT2D eigenvalue weighted by molar-refractivity contribution is -0.122. The molecule has 0 spiro atoms. The first-order valence-electron chi connectivity index (χ1n) is 7.99. The highest BCUT2D eigenvalue weighted by Gasteiger charge is 2.33. The van der Waals surface area contributed by atoms with E-state index in [4.69, 9.17) is 0 Å². The standard InChI is InChI=1S/C18H23N3O/c1-13-12-14(2)21(20-13)11-10-17(22)19-18(16-8-9-16)15-6-4-3-5-7-15/h3-7,12,16,18H,8-11H2,1-2H3,(H,19,22)/t18-/m1/s1. The third kappa shape index (κ3) is 3.56. The van der Waals surface area contributed by atoms with E-state index in [1.54, 1.807) is 0 Å². The number of aromatic nitrogens is 2. The van der Waals surface area contributed by atoms with E-state index in [1.165, 1.54) is 18.4 Å². The lowest BCUT2D eigenvalue weighted by Crippen LogP contribution is -2.30. The lowest BCUT2D eigenvalue weighted by atomic mass is 10.0. The van der Waals surface area contributed by atoms with E-state index in [1.807, 2.05) is 42.8 Å². The quantitative estimate of drug-likeness (QED) is 0.890. The first kappa shape index (κ1) is 14.8. The first-order chi connectivity index (χ1) is 10.6. The van der Waals surface area contributed by atoms with Crippen molar-refractivity contribution in [2.45, 2.75) is 45.7 Å². The van der Waals surface area contributed by atoms with Gasteiger partial charge in [0, 0.05) is 18.7 Å². The largest absolute Gasteiger partial charge is 0.349 e. The minimum Gasteiger partial charge on any atom is -0.349 e. The second-order valence-corrected chi connectivity index (χ2v) is 6.19. The SMILES string of the molecule is Cc1cc(C)n(CCC(=O)N[C@H](c2ccccc2)C2CC2)n1. The Hall–Kier alpha value is -2.10. The molecule has 1 atom stereocenters. The Morgan fingerprint density at radius 3 is 2.64 bits per heavy atom. The van der Waals surface area contributed by atoms with Gasteiger partial charge in [0.15, 0.2) is 0 Å². The van der Waals surface area contributed by atoms with Crippen molar-refractivity contribution in [1.29, 1.82) is 0 Å². The molecule has 1 aliphatic rings. The van der Waals surface area contributed by atoms with Crippen LogP contribution in [0.5, 0.6) is 0 Å². The van der Waals surface area contributed by atoms with Gasteiger partial charge in [-0.15, -0.1) is 0 Å². The van der Waals surface area contributed by atoms with Crippen LogP contribution < -0.4 is 5.32 Å². The summed E-state index contributed by atoms with van der Waals surface area (Å²) in [6.07, 6.45) is 2.88. The summed E-state index contributed by atoms with van der Waals surface area (Å²) in [5.74, 6) is 0.702. The van der Waals surface area contributed by atoms with Gasteiger partial charge in [0.2, 0.25) is 5.91 Å². The monoisotopic (exact) mass is 297 g/mol. The average Bonchev–Trinajstić information content (AvgIpc) is 3.29. The number of benzene rings is 1. The van der Waals surface area contributed by atoms with Crippen molar-refractivity contribution < 1.29 is 4.79 Å². The van der Waals surface area contributed by atoms with Crippen LogP contribution in [0.4, 0.5) is 0 Å². The van der Waals surface area contributed by atoms with Gasteiger partial charge < -0.3 is 5.32 Å². The van der Waals surface area contributed by atoms with E-state index in [-0.39, 0.29) is 11.9 Å². The third-order valence-electron chi connectivity index (χ3n) is 4.22. The van der Waals surface area contributed by atoms with Crippen LogP contribution in [-0.2, 0) is 11.3 Å². The second-order valence-electron chi connectivity index (χ2n) is 6.19. The molecule has 4 heteroatoms. The van der Waals surface area contributed by atoms with E-state index in [0.717, 1.165) is 11.4 Å². The van der Waals surface area contributed by atoms with Gasteiger partial charge in [0.1, 0.15) is 0 Å². The fourth-order valence-corrected chi connectivity index (χ4v) is 2.92. The first-order valence-corrected chi connectivity index (χ1v) is 7.99. The van der Waals surface area contributed by atoms with Crippen molar-refractivity contribution in [3.05, 3.63) is 53.3 Å². The van der Waals surface area contributed by atoms with Crippen molar-refractivity contribution in [3.8, 4) is 0 Å². The predicted molar refractivity (Wildman–Crippen MR) is 86.4 cm³/mol. The minimum atomic E-state index is 0.105. The van der Waals surface area contributed by atoms with Gasteiger partial charge in [-0.1, -0.05) is 30.3 Å². The number of amides is 1. The molecule has 1 N–H and O–H groups in total. The number of hydrogen-bond donors (Lipinski definition) is 1. The molecule has 1 aliphatic carbocycles. The summed E-state index contributed by atoms with van der Waals surface area (Å²) < 4.78 is 1.91. The Morgan fingerprint density at radius 1 is 1.32 bits per heavy atom. The molecular weight excluding hydrogens is 274 g/mol. The molecule has 0 bridgehead atoms. The molecule has 3 rings (SSSR count). The minimum absolute atomic E-state index is 0.105. The molecule has 1 fully saturated rings. The molecule has 0 saturated heterocycles. The molecule has 0 unspecified atom stereocenters. The summed E-state index contributed by atoms with van der Waals surface area (Å²) in [6.45, 7) is 4.63. The van der Waals surface area contributed by atoms with Crippen LogP contribution in [0.1, 0.15) is 42.3 Å². The zero-order valence-corrected chi connectivity index (χ0v) is 13.2. The highest BCUT2D eigenvalue weighted by Crippen LogP contribution is 2.40. The Kier molecular flexibility index (Phi) is 4.27. The van der Waals surface area contributed by atoms with Crippen LogP contribution in [0.2, 0.25) is 0 Å². The zero-order valence-electron chi connectivity index (χ0n) is 13.2. The van der Waals surface area contributed by atoms with E-state index in [2.05, 4.69) is 22.5 Å². The Labute approximate surface area is 131 Å². The van der Waals surface area contributed by atoms with Crippen LogP contribution in [-0.4, -0.2) is 15.7 Å². The second kappa shape index (κ2) is 6.34. The van der Waals surface area contributed by atoms with E-state index >= 15 is 0 Å². The summed E-state index contributed by atoms with van der Waals surface area (Å²) in [6, 6.07) is 12.5. The molecule has 0 aliphatic heterocycles. The van der Waals surface area contributed by atoms with Gasteiger partial charge in [-0.05, 0) is 44.2 Å². The average molecular weight is 297 g/mol. The number of nitrogens with zero attached hydrogens (tertiary/aromatic N) is 2. The summed E-state index contributed by atoms with van der Waals surface area (Å²) in [7, 11) is 0. The van der Waals surface area contributed by atoms with Gasteiger partial charge in [-0.25, -0.2) is 0 Å². The van der Waals surface area contributed by atoms with Gasteiger partial charge >= 0.3 is 0 Å². The summed E-state index contributed by atoms with van der Waals surface area (Å²) >= 11 is 0. The van der Waals surface area contributed by atoms with Gasteiger partial charge in [-0.3, -0.25) is 9.48 Å². The van der Waals surface area contributed by atoms with Crippen LogP contribution >= 0.6 is 0 Å².